The van der Waals surface area contributed by atoms with Crippen molar-refractivity contribution in [3.63, 3.8) is 0 Å². The molecule has 0 unspecified atom stereocenters. The van der Waals surface area contributed by atoms with Gasteiger partial charge in [-0.1, -0.05) is 31.7 Å². The molecule has 0 atom stereocenters. The monoisotopic (exact) mass is 360 g/mol. The van der Waals surface area contributed by atoms with Crippen molar-refractivity contribution in [2.45, 2.75) is 39.0 Å². The summed E-state index contributed by atoms with van der Waals surface area (Å²) in [5.41, 5.74) is 1.03. The van der Waals surface area contributed by atoms with Crippen LogP contribution in [0.5, 0.6) is 5.75 Å². The summed E-state index contributed by atoms with van der Waals surface area (Å²) in [7, 11) is 0. The van der Waals surface area contributed by atoms with Crippen molar-refractivity contribution in [1.29, 1.82) is 0 Å². The van der Waals surface area contributed by atoms with Crippen LogP contribution >= 0.6 is 0 Å². The lowest BCUT2D eigenvalue weighted by Gasteiger charge is -2.06. The van der Waals surface area contributed by atoms with Gasteiger partial charge >= 0.3 is 11.9 Å². The van der Waals surface area contributed by atoms with E-state index < -0.39 is 0 Å². The minimum absolute atomic E-state index is 0.198. The van der Waals surface area contributed by atoms with Crippen LogP contribution < -0.4 is 4.74 Å². The molecule has 0 aliphatic heterocycles. The van der Waals surface area contributed by atoms with Crippen LogP contribution in [-0.2, 0) is 19.1 Å². The molecule has 0 aliphatic carbocycles. The second-order valence-electron chi connectivity index (χ2n) is 5.64. The van der Waals surface area contributed by atoms with Crippen LogP contribution in [0.1, 0.15) is 44.6 Å². The number of ether oxygens (including phenoxy) is 3. The van der Waals surface area contributed by atoms with Gasteiger partial charge in [0.05, 0.1) is 13.2 Å². The van der Waals surface area contributed by atoms with Crippen molar-refractivity contribution in [3.8, 4) is 5.75 Å². The minimum atomic E-state index is -0.367. The molecular weight excluding hydrogens is 332 g/mol. The predicted octanol–water partition coefficient (Wildman–Crippen LogP) is 4.32. The number of esters is 2. The van der Waals surface area contributed by atoms with Gasteiger partial charge in [-0.15, -0.1) is 0 Å². The largest absolute Gasteiger partial charge is 0.494 e. The molecule has 0 N–H and O–H groups in total. The highest BCUT2D eigenvalue weighted by molar-refractivity contribution is 5.81. The Morgan fingerprint density at radius 1 is 1.00 bits per heavy atom. The maximum atomic E-state index is 11.0. The lowest BCUT2D eigenvalue weighted by molar-refractivity contribution is -0.142. The number of rotatable bonds is 13. The first-order valence-electron chi connectivity index (χ1n) is 9.00. The minimum Gasteiger partial charge on any atom is -0.494 e. The van der Waals surface area contributed by atoms with Gasteiger partial charge < -0.3 is 14.2 Å². The molecule has 26 heavy (non-hydrogen) atoms. The summed E-state index contributed by atoms with van der Waals surface area (Å²) >= 11 is 0. The van der Waals surface area contributed by atoms with Gasteiger partial charge in [-0.05, 0) is 49.5 Å². The van der Waals surface area contributed by atoms with Gasteiger partial charge in [0, 0.05) is 12.5 Å². The van der Waals surface area contributed by atoms with Gasteiger partial charge in [0.15, 0.2) is 0 Å². The van der Waals surface area contributed by atoms with Crippen LogP contribution in [-0.4, -0.2) is 31.8 Å². The van der Waals surface area contributed by atoms with Crippen LogP contribution in [0.4, 0.5) is 0 Å². The topological polar surface area (TPSA) is 61.8 Å². The van der Waals surface area contributed by atoms with Crippen LogP contribution in [0.2, 0.25) is 0 Å². The third kappa shape index (κ3) is 10.3. The highest BCUT2D eigenvalue weighted by Crippen LogP contribution is 2.14. The molecule has 5 nitrogen and oxygen atoms in total. The summed E-state index contributed by atoms with van der Waals surface area (Å²) in [5.74, 6) is 0.268. The first kappa shape index (κ1) is 21.5. The average Bonchev–Trinajstić information content (AvgIpc) is 2.67. The van der Waals surface area contributed by atoms with E-state index in [0.717, 1.165) is 37.0 Å². The van der Waals surface area contributed by atoms with E-state index in [-0.39, 0.29) is 18.5 Å². The van der Waals surface area contributed by atoms with Crippen LogP contribution in [0.3, 0.4) is 0 Å². The third-order valence-corrected chi connectivity index (χ3v) is 3.54. The van der Waals surface area contributed by atoms with Crippen molar-refractivity contribution in [3.05, 3.63) is 48.6 Å². The van der Waals surface area contributed by atoms with Crippen molar-refractivity contribution < 1.29 is 23.8 Å². The Labute approximate surface area is 155 Å². The summed E-state index contributed by atoms with van der Waals surface area (Å²) in [4.78, 5) is 21.9. The normalized spacial score (nSPS) is 10.5. The molecule has 0 fully saturated rings. The van der Waals surface area contributed by atoms with E-state index in [1.807, 2.05) is 36.4 Å². The number of benzene rings is 1. The fourth-order valence-electron chi connectivity index (χ4n) is 2.08. The number of carbonyl (C=O) groups is 2. The van der Waals surface area contributed by atoms with E-state index >= 15 is 0 Å². The van der Waals surface area contributed by atoms with Gasteiger partial charge in [0.25, 0.3) is 0 Å². The number of hydrogen-bond donors (Lipinski definition) is 0. The molecule has 1 rings (SSSR count). The van der Waals surface area contributed by atoms with E-state index in [2.05, 4.69) is 6.58 Å². The smallest absolute Gasteiger partial charge is 0.330 e. The molecule has 0 bridgehead atoms. The summed E-state index contributed by atoms with van der Waals surface area (Å²) in [6, 6.07) is 7.77. The Bertz CT molecular complexity index is 575. The van der Waals surface area contributed by atoms with Gasteiger partial charge in [-0.3, -0.25) is 4.79 Å². The lowest BCUT2D eigenvalue weighted by atomic mass is 10.2. The zero-order valence-electron chi connectivity index (χ0n) is 15.4. The van der Waals surface area contributed by atoms with Crippen molar-refractivity contribution in [2.24, 2.45) is 0 Å². The zero-order valence-corrected chi connectivity index (χ0v) is 15.4. The quantitative estimate of drug-likeness (QED) is 0.298. The molecule has 0 heterocycles. The zero-order chi connectivity index (χ0) is 19.0. The maximum Gasteiger partial charge on any atom is 0.330 e. The first-order chi connectivity index (χ1) is 12.7. The molecule has 0 amide bonds. The predicted molar refractivity (Wildman–Crippen MR) is 102 cm³/mol. The van der Waals surface area contributed by atoms with E-state index in [1.165, 1.54) is 6.08 Å². The molecular formula is C21H28O5. The fourth-order valence-corrected chi connectivity index (χ4v) is 2.08. The Balaban J connectivity index is 2.11. The van der Waals surface area contributed by atoms with Gasteiger partial charge in [0.2, 0.25) is 0 Å². The summed E-state index contributed by atoms with van der Waals surface area (Å²) < 4.78 is 15.6. The highest BCUT2D eigenvalue weighted by atomic mass is 16.5. The SMILES string of the molecule is C=CC(=O)OCCCCCCOc1ccc(C=CCOC(=O)CC)cc1. The summed E-state index contributed by atoms with van der Waals surface area (Å²) in [6.07, 6.45) is 9.14. The van der Waals surface area contributed by atoms with Gasteiger partial charge in [0.1, 0.15) is 12.4 Å². The molecule has 1 aromatic carbocycles. The maximum absolute atomic E-state index is 11.0. The van der Waals surface area contributed by atoms with Gasteiger partial charge in [-0.2, -0.15) is 0 Å². The Morgan fingerprint density at radius 2 is 1.69 bits per heavy atom. The first-order valence-corrected chi connectivity index (χ1v) is 9.00. The lowest BCUT2D eigenvalue weighted by Crippen LogP contribution is -2.02. The molecule has 142 valence electrons. The molecule has 0 radical (unpaired) electrons. The summed E-state index contributed by atoms with van der Waals surface area (Å²) in [5, 5.41) is 0. The van der Waals surface area contributed by atoms with E-state index in [0.29, 0.717) is 19.6 Å². The Hall–Kier alpha value is -2.56. The van der Waals surface area contributed by atoms with Crippen LogP contribution in [0, 0.1) is 0 Å². The fraction of sp³-hybridized carbons (Fsp3) is 0.429. The molecule has 0 spiro atoms. The van der Waals surface area contributed by atoms with E-state index in [1.54, 1.807) is 6.92 Å². The summed E-state index contributed by atoms with van der Waals surface area (Å²) in [6.45, 7) is 6.51. The second kappa shape index (κ2) is 13.7. The Kier molecular flexibility index (Phi) is 11.3. The average molecular weight is 360 g/mol. The second-order valence-corrected chi connectivity index (χ2v) is 5.64. The third-order valence-electron chi connectivity index (χ3n) is 3.54. The van der Waals surface area contributed by atoms with E-state index in [4.69, 9.17) is 14.2 Å². The Morgan fingerprint density at radius 3 is 2.35 bits per heavy atom. The molecule has 0 aliphatic rings. The number of carbonyl (C=O) groups excluding carboxylic acids is 2. The van der Waals surface area contributed by atoms with E-state index in [9.17, 15) is 9.59 Å². The molecule has 0 aromatic heterocycles. The molecule has 0 saturated heterocycles. The highest BCUT2D eigenvalue weighted by Gasteiger charge is 1.97. The van der Waals surface area contributed by atoms with Crippen molar-refractivity contribution in [2.75, 3.05) is 19.8 Å². The molecule has 5 heteroatoms. The molecule has 0 saturated carbocycles. The van der Waals surface area contributed by atoms with Crippen molar-refractivity contribution in [1.82, 2.24) is 0 Å². The number of hydrogen-bond acceptors (Lipinski definition) is 5. The molecule has 1 aromatic rings. The van der Waals surface area contributed by atoms with Crippen molar-refractivity contribution >= 4 is 18.0 Å². The van der Waals surface area contributed by atoms with Crippen LogP contribution in [0.15, 0.2) is 43.0 Å². The van der Waals surface area contributed by atoms with Crippen LogP contribution in [0.25, 0.3) is 6.08 Å². The standard InChI is InChI=1S/C21H28O5/c1-3-20(22)25-16-8-6-5-7-15-24-19-13-11-18(12-14-19)10-9-17-26-21(23)4-2/h3,9-14H,1,4-8,15-17H2,2H3. The van der Waals surface area contributed by atoms with Gasteiger partial charge in [-0.25, -0.2) is 4.79 Å². The number of unbranched alkanes of at least 4 members (excludes halogenated alkanes) is 3.